The Bertz CT molecular complexity index is 274. The van der Waals surface area contributed by atoms with E-state index in [1.54, 1.807) is 0 Å². The molecule has 1 spiro atoms. The van der Waals surface area contributed by atoms with Crippen LogP contribution in [0, 0.1) is 17.8 Å². The summed E-state index contributed by atoms with van der Waals surface area (Å²) in [7, 11) is 0. The van der Waals surface area contributed by atoms with Gasteiger partial charge in [-0.3, -0.25) is 11.3 Å². The number of nitrogens with one attached hydrogen (secondary N) is 1. The molecule has 2 rings (SSSR count). The van der Waals surface area contributed by atoms with Crippen LogP contribution in [0.25, 0.3) is 0 Å². The Kier molecular flexibility index (Phi) is 5.58. The highest BCUT2D eigenvalue weighted by molar-refractivity contribution is 7.99. The Morgan fingerprint density at radius 3 is 2.53 bits per heavy atom. The van der Waals surface area contributed by atoms with Crippen LogP contribution in [0.4, 0.5) is 0 Å². The quantitative estimate of drug-likeness (QED) is 0.616. The van der Waals surface area contributed by atoms with Crippen LogP contribution in [0.1, 0.15) is 46.5 Å². The van der Waals surface area contributed by atoms with E-state index in [9.17, 15) is 0 Å². The fraction of sp³-hybridized carbons (Fsp3) is 1.00. The third-order valence-electron chi connectivity index (χ3n) is 5.25. The second-order valence-electron chi connectivity index (χ2n) is 6.69. The van der Waals surface area contributed by atoms with E-state index in [2.05, 4.69) is 38.0 Å². The number of thioether (sulfide) groups is 1. The molecule has 4 heteroatoms. The fourth-order valence-electron chi connectivity index (χ4n) is 3.60. The molecule has 2 saturated heterocycles. The van der Waals surface area contributed by atoms with Gasteiger partial charge in [0.05, 0.1) is 5.60 Å². The zero-order chi connectivity index (χ0) is 13.9. The van der Waals surface area contributed by atoms with Gasteiger partial charge in [0.1, 0.15) is 0 Å². The van der Waals surface area contributed by atoms with Crippen molar-refractivity contribution < 1.29 is 4.74 Å². The van der Waals surface area contributed by atoms with E-state index in [1.807, 2.05) is 0 Å². The number of hydrazine groups is 1. The summed E-state index contributed by atoms with van der Waals surface area (Å²) < 4.78 is 6.19. The van der Waals surface area contributed by atoms with Crippen LogP contribution >= 0.6 is 11.8 Å². The normalized spacial score (nSPS) is 30.5. The van der Waals surface area contributed by atoms with Gasteiger partial charge in [0, 0.05) is 12.6 Å². The molecule has 0 saturated carbocycles. The van der Waals surface area contributed by atoms with Gasteiger partial charge in [-0.2, -0.15) is 11.8 Å². The molecule has 0 aromatic heterocycles. The van der Waals surface area contributed by atoms with Crippen molar-refractivity contribution >= 4 is 11.8 Å². The lowest BCUT2D eigenvalue weighted by molar-refractivity contribution is -0.110. The first-order chi connectivity index (χ1) is 9.08. The van der Waals surface area contributed by atoms with Crippen molar-refractivity contribution in [2.75, 3.05) is 18.1 Å². The van der Waals surface area contributed by atoms with Crippen molar-refractivity contribution in [3.05, 3.63) is 0 Å². The molecule has 3 N–H and O–H groups in total. The summed E-state index contributed by atoms with van der Waals surface area (Å²) in [4.78, 5) is 0. The molecule has 0 radical (unpaired) electrons. The van der Waals surface area contributed by atoms with Gasteiger partial charge in [0.15, 0.2) is 0 Å². The number of ether oxygens (including phenoxy) is 1. The highest BCUT2D eigenvalue weighted by Gasteiger charge is 2.42. The number of hydrogen-bond acceptors (Lipinski definition) is 4. The zero-order valence-electron chi connectivity index (χ0n) is 12.7. The zero-order valence-corrected chi connectivity index (χ0v) is 13.5. The smallest absolute Gasteiger partial charge is 0.0701 e. The van der Waals surface area contributed by atoms with Crippen LogP contribution in [0.5, 0.6) is 0 Å². The Hall–Kier alpha value is 0.230. The average molecular weight is 286 g/mol. The standard InChI is InChI=1S/C15H30N2OS/c1-11(2)12(3)14(17-16)13-4-7-18-15(10-13)5-8-19-9-6-15/h11-14,17H,4-10,16H2,1-3H3. The highest BCUT2D eigenvalue weighted by Crippen LogP contribution is 2.42. The van der Waals surface area contributed by atoms with Gasteiger partial charge in [-0.1, -0.05) is 20.8 Å². The van der Waals surface area contributed by atoms with Crippen LogP contribution in [0.2, 0.25) is 0 Å². The Balaban J connectivity index is 2.02. The van der Waals surface area contributed by atoms with E-state index in [1.165, 1.54) is 30.8 Å². The van der Waals surface area contributed by atoms with Crippen molar-refractivity contribution in [1.29, 1.82) is 0 Å². The minimum Gasteiger partial charge on any atom is -0.375 e. The molecule has 3 nitrogen and oxygen atoms in total. The number of hydrogen-bond donors (Lipinski definition) is 2. The van der Waals surface area contributed by atoms with Crippen LogP contribution in [-0.4, -0.2) is 29.8 Å². The topological polar surface area (TPSA) is 47.3 Å². The van der Waals surface area contributed by atoms with E-state index in [-0.39, 0.29) is 5.60 Å². The number of rotatable bonds is 4. The summed E-state index contributed by atoms with van der Waals surface area (Å²) in [6.07, 6.45) is 4.79. The van der Waals surface area contributed by atoms with Crippen molar-refractivity contribution in [3.8, 4) is 0 Å². The van der Waals surface area contributed by atoms with Crippen LogP contribution in [-0.2, 0) is 4.74 Å². The van der Waals surface area contributed by atoms with Crippen molar-refractivity contribution in [3.63, 3.8) is 0 Å². The van der Waals surface area contributed by atoms with Gasteiger partial charge in [-0.15, -0.1) is 0 Å². The summed E-state index contributed by atoms with van der Waals surface area (Å²) in [6, 6.07) is 0.426. The van der Waals surface area contributed by atoms with E-state index < -0.39 is 0 Å². The first-order valence-electron chi connectivity index (χ1n) is 7.76. The van der Waals surface area contributed by atoms with Crippen molar-refractivity contribution in [2.45, 2.75) is 58.1 Å². The summed E-state index contributed by atoms with van der Waals surface area (Å²) in [6.45, 7) is 7.83. The number of nitrogens with two attached hydrogens (primary N) is 1. The molecule has 3 unspecified atom stereocenters. The lowest BCUT2D eigenvalue weighted by Gasteiger charge is -2.46. The predicted octanol–water partition coefficient (Wildman–Crippen LogP) is 2.80. The van der Waals surface area contributed by atoms with Crippen molar-refractivity contribution in [2.24, 2.45) is 23.6 Å². The van der Waals surface area contributed by atoms with Crippen LogP contribution in [0.15, 0.2) is 0 Å². The summed E-state index contributed by atoms with van der Waals surface area (Å²) in [5.41, 5.74) is 3.28. The van der Waals surface area contributed by atoms with Gasteiger partial charge in [0.2, 0.25) is 0 Å². The molecule has 0 bridgehead atoms. The summed E-state index contributed by atoms with van der Waals surface area (Å²) >= 11 is 2.07. The minimum atomic E-state index is 0.167. The summed E-state index contributed by atoms with van der Waals surface area (Å²) in [5.74, 6) is 10.3. The molecule has 0 amide bonds. The lowest BCUT2D eigenvalue weighted by Crippen LogP contribution is -2.53. The molecule has 0 aromatic carbocycles. The van der Waals surface area contributed by atoms with E-state index in [0.29, 0.717) is 23.8 Å². The Morgan fingerprint density at radius 2 is 1.95 bits per heavy atom. The highest BCUT2D eigenvalue weighted by atomic mass is 32.2. The molecule has 2 heterocycles. The van der Waals surface area contributed by atoms with E-state index >= 15 is 0 Å². The molecular formula is C15H30N2OS. The maximum absolute atomic E-state index is 6.19. The van der Waals surface area contributed by atoms with Gasteiger partial charge >= 0.3 is 0 Å². The van der Waals surface area contributed by atoms with Crippen LogP contribution in [0.3, 0.4) is 0 Å². The van der Waals surface area contributed by atoms with Crippen molar-refractivity contribution in [1.82, 2.24) is 5.43 Å². The third kappa shape index (κ3) is 3.66. The van der Waals surface area contributed by atoms with Crippen LogP contribution < -0.4 is 11.3 Å². The first kappa shape index (κ1) is 15.6. The van der Waals surface area contributed by atoms with Gasteiger partial charge < -0.3 is 4.74 Å². The second kappa shape index (κ2) is 6.79. The van der Waals surface area contributed by atoms with Gasteiger partial charge in [-0.25, -0.2) is 0 Å². The maximum Gasteiger partial charge on any atom is 0.0701 e. The van der Waals surface area contributed by atoms with Gasteiger partial charge in [0.25, 0.3) is 0 Å². The fourth-order valence-corrected chi connectivity index (χ4v) is 4.83. The second-order valence-corrected chi connectivity index (χ2v) is 7.92. The molecule has 2 aliphatic rings. The predicted molar refractivity (Wildman–Crippen MR) is 83.1 cm³/mol. The summed E-state index contributed by atoms with van der Waals surface area (Å²) in [5, 5.41) is 0. The monoisotopic (exact) mass is 286 g/mol. The Labute approximate surface area is 122 Å². The van der Waals surface area contributed by atoms with E-state index in [4.69, 9.17) is 10.6 Å². The molecule has 0 aliphatic carbocycles. The van der Waals surface area contributed by atoms with E-state index in [0.717, 1.165) is 13.0 Å². The lowest BCUT2D eigenvalue weighted by atomic mass is 9.73. The molecule has 2 aliphatic heterocycles. The first-order valence-corrected chi connectivity index (χ1v) is 8.91. The molecule has 19 heavy (non-hydrogen) atoms. The Morgan fingerprint density at radius 1 is 1.26 bits per heavy atom. The molecule has 2 fully saturated rings. The third-order valence-corrected chi connectivity index (χ3v) is 6.24. The molecule has 0 aromatic rings. The molecule has 3 atom stereocenters. The molecular weight excluding hydrogens is 256 g/mol. The maximum atomic E-state index is 6.19. The largest absolute Gasteiger partial charge is 0.375 e. The van der Waals surface area contributed by atoms with Gasteiger partial charge in [-0.05, 0) is 54.9 Å². The SMILES string of the molecule is CC(C)C(C)C(NN)C1CCOC2(CCSCC2)C1. The average Bonchev–Trinajstić information content (AvgIpc) is 2.40. The molecule has 112 valence electrons. The minimum absolute atomic E-state index is 0.167.